The van der Waals surface area contributed by atoms with Crippen molar-refractivity contribution in [3.63, 3.8) is 0 Å². The first-order chi connectivity index (χ1) is 11.0. The Kier molecular flexibility index (Phi) is 4.01. The summed E-state index contributed by atoms with van der Waals surface area (Å²) in [5.74, 6) is -1.68. The molecule has 0 aliphatic rings. The number of fused-ring (bicyclic) bond motifs is 1. The number of nitrogens with one attached hydrogen (secondary N) is 1. The molecule has 0 bridgehead atoms. The summed E-state index contributed by atoms with van der Waals surface area (Å²) in [6.07, 6.45) is 0. The fourth-order valence-electron chi connectivity index (χ4n) is 2.39. The average Bonchev–Trinajstić information content (AvgIpc) is 2.90. The van der Waals surface area contributed by atoms with Crippen LogP contribution in [0.15, 0.2) is 42.5 Å². The van der Waals surface area contributed by atoms with Gasteiger partial charge in [0, 0.05) is 11.6 Å². The molecule has 1 aromatic heterocycles. The number of amides is 1. The molecule has 0 aliphatic carbocycles. The molecule has 0 aliphatic heterocycles. The van der Waals surface area contributed by atoms with Crippen LogP contribution in [0.5, 0.6) is 0 Å². The molecule has 3 aromatic rings. The lowest BCUT2D eigenvalue weighted by atomic mass is 10.1. The summed E-state index contributed by atoms with van der Waals surface area (Å²) in [5.41, 5.74) is 1.66. The third-order valence-electron chi connectivity index (χ3n) is 3.52. The first-order valence-corrected chi connectivity index (χ1v) is 7.07. The van der Waals surface area contributed by atoms with Gasteiger partial charge in [0.2, 0.25) is 5.91 Å². The second-order valence-corrected chi connectivity index (χ2v) is 5.19. The van der Waals surface area contributed by atoms with Crippen LogP contribution < -0.4 is 5.32 Å². The van der Waals surface area contributed by atoms with E-state index in [9.17, 15) is 13.6 Å². The Morgan fingerprint density at radius 3 is 2.83 bits per heavy atom. The zero-order valence-corrected chi connectivity index (χ0v) is 12.3. The van der Waals surface area contributed by atoms with E-state index in [1.165, 1.54) is 10.7 Å². The highest BCUT2D eigenvalue weighted by Gasteiger charge is 2.15. The molecule has 0 saturated heterocycles. The van der Waals surface area contributed by atoms with Gasteiger partial charge in [0.1, 0.15) is 23.7 Å². The molecule has 3 rings (SSSR count). The number of para-hydroxylation sites is 1. The van der Waals surface area contributed by atoms with Crippen LogP contribution in [0.4, 0.5) is 8.78 Å². The molecule has 23 heavy (non-hydrogen) atoms. The molecule has 118 valence electrons. The Morgan fingerprint density at radius 2 is 2.04 bits per heavy atom. The largest absolute Gasteiger partial charge is 0.348 e. The normalized spacial score (nSPS) is 12.3. The number of nitrogens with zero attached hydrogens (tertiary/aromatic N) is 3. The molecular formula is C16H14F2N4O. The highest BCUT2D eigenvalue weighted by atomic mass is 19.1. The SMILES string of the molecule is C[C@@H](NC(=O)Cn1nnc2ccccc21)c1ccc(F)cc1F. The Labute approximate surface area is 130 Å². The van der Waals surface area contributed by atoms with Crippen molar-refractivity contribution < 1.29 is 13.6 Å². The van der Waals surface area contributed by atoms with Crippen molar-refractivity contribution in [1.82, 2.24) is 20.3 Å². The van der Waals surface area contributed by atoms with E-state index >= 15 is 0 Å². The van der Waals surface area contributed by atoms with Crippen LogP contribution in [0.25, 0.3) is 11.0 Å². The van der Waals surface area contributed by atoms with Crippen LogP contribution in [-0.2, 0) is 11.3 Å². The van der Waals surface area contributed by atoms with Gasteiger partial charge in [-0.25, -0.2) is 13.5 Å². The van der Waals surface area contributed by atoms with Crippen molar-refractivity contribution in [2.75, 3.05) is 0 Å². The molecule has 1 atom stereocenters. The van der Waals surface area contributed by atoms with Crippen LogP contribution >= 0.6 is 0 Å². The molecule has 5 nitrogen and oxygen atoms in total. The first-order valence-electron chi connectivity index (χ1n) is 7.07. The van der Waals surface area contributed by atoms with E-state index < -0.39 is 17.7 Å². The minimum absolute atomic E-state index is 0.0341. The average molecular weight is 316 g/mol. The Hall–Kier alpha value is -2.83. The summed E-state index contributed by atoms with van der Waals surface area (Å²) in [4.78, 5) is 12.1. The Morgan fingerprint density at radius 1 is 1.26 bits per heavy atom. The molecule has 0 saturated carbocycles. The lowest BCUT2D eigenvalue weighted by Crippen LogP contribution is -2.30. The van der Waals surface area contributed by atoms with Gasteiger partial charge in [-0.15, -0.1) is 5.10 Å². The molecule has 1 N–H and O–H groups in total. The number of carbonyl (C=O) groups is 1. The van der Waals surface area contributed by atoms with E-state index in [1.54, 1.807) is 13.0 Å². The van der Waals surface area contributed by atoms with Gasteiger partial charge in [0.15, 0.2) is 0 Å². The van der Waals surface area contributed by atoms with Gasteiger partial charge in [0.05, 0.1) is 11.6 Å². The van der Waals surface area contributed by atoms with Crippen molar-refractivity contribution in [3.05, 3.63) is 59.7 Å². The first kappa shape index (κ1) is 15.1. The van der Waals surface area contributed by atoms with Gasteiger partial charge in [-0.3, -0.25) is 4.79 Å². The third-order valence-corrected chi connectivity index (χ3v) is 3.52. The van der Waals surface area contributed by atoms with E-state index in [0.717, 1.165) is 17.6 Å². The maximum atomic E-state index is 13.7. The molecule has 7 heteroatoms. The quantitative estimate of drug-likeness (QED) is 0.805. The summed E-state index contributed by atoms with van der Waals surface area (Å²) in [5, 5.41) is 10.6. The van der Waals surface area contributed by atoms with E-state index in [4.69, 9.17) is 0 Å². The van der Waals surface area contributed by atoms with Gasteiger partial charge < -0.3 is 5.32 Å². The maximum absolute atomic E-state index is 13.7. The standard InChI is InChI=1S/C16H14F2N4O/c1-10(12-7-6-11(17)8-13(12)18)19-16(23)9-22-15-5-3-2-4-14(15)20-21-22/h2-8,10H,9H2,1H3,(H,19,23)/t10-/m1/s1. The van der Waals surface area contributed by atoms with Crippen molar-refractivity contribution >= 4 is 16.9 Å². The summed E-state index contributed by atoms with van der Waals surface area (Å²) in [6, 6.07) is 9.96. The van der Waals surface area contributed by atoms with Gasteiger partial charge in [0.25, 0.3) is 0 Å². The highest BCUT2D eigenvalue weighted by Crippen LogP contribution is 2.17. The maximum Gasteiger partial charge on any atom is 0.242 e. The molecule has 0 unspecified atom stereocenters. The van der Waals surface area contributed by atoms with Gasteiger partial charge >= 0.3 is 0 Å². The summed E-state index contributed by atoms with van der Waals surface area (Å²) < 4.78 is 28.1. The number of hydrogen-bond donors (Lipinski definition) is 1. The molecule has 0 radical (unpaired) electrons. The monoisotopic (exact) mass is 316 g/mol. The number of aromatic nitrogens is 3. The Bertz CT molecular complexity index is 862. The minimum Gasteiger partial charge on any atom is -0.348 e. The molecule has 1 amide bonds. The predicted molar refractivity (Wildman–Crippen MR) is 80.4 cm³/mol. The zero-order chi connectivity index (χ0) is 16.4. The van der Waals surface area contributed by atoms with Crippen molar-refractivity contribution in [2.45, 2.75) is 19.5 Å². The smallest absolute Gasteiger partial charge is 0.242 e. The van der Waals surface area contributed by atoms with Gasteiger partial charge in [-0.05, 0) is 25.1 Å². The molecular weight excluding hydrogens is 302 g/mol. The summed E-state index contributed by atoms with van der Waals surface area (Å²) >= 11 is 0. The fraction of sp³-hybridized carbons (Fsp3) is 0.188. The van der Waals surface area contributed by atoms with E-state index in [-0.39, 0.29) is 18.0 Å². The number of rotatable bonds is 4. The van der Waals surface area contributed by atoms with Crippen molar-refractivity contribution in [2.24, 2.45) is 0 Å². The highest BCUT2D eigenvalue weighted by molar-refractivity contribution is 5.80. The van der Waals surface area contributed by atoms with Crippen molar-refractivity contribution in [1.29, 1.82) is 0 Å². The fourth-order valence-corrected chi connectivity index (χ4v) is 2.39. The van der Waals surface area contributed by atoms with Crippen LogP contribution in [0, 0.1) is 11.6 Å². The molecule has 1 heterocycles. The Balaban J connectivity index is 1.71. The summed E-state index contributed by atoms with van der Waals surface area (Å²) in [7, 11) is 0. The van der Waals surface area contributed by atoms with Crippen LogP contribution in [0.2, 0.25) is 0 Å². The van der Waals surface area contributed by atoms with E-state index in [2.05, 4.69) is 15.6 Å². The van der Waals surface area contributed by atoms with Gasteiger partial charge in [-0.2, -0.15) is 0 Å². The summed E-state index contributed by atoms with van der Waals surface area (Å²) in [6.45, 7) is 1.60. The number of benzene rings is 2. The third kappa shape index (κ3) is 3.18. The predicted octanol–water partition coefficient (Wildman–Crippen LogP) is 2.59. The molecule has 2 aromatic carbocycles. The van der Waals surface area contributed by atoms with E-state index in [1.807, 2.05) is 18.2 Å². The molecule has 0 spiro atoms. The number of carbonyl (C=O) groups excluding carboxylic acids is 1. The van der Waals surface area contributed by atoms with Crippen LogP contribution in [0.3, 0.4) is 0 Å². The lowest BCUT2D eigenvalue weighted by Gasteiger charge is -2.15. The molecule has 0 fully saturated rings. The minimum atomic E-state index is -0.691. The number of halogens is 2. The lowest BCUT2D eigenvalue weighted by molar-refractivity contribution is -0.122. The second-order valence-electron chi connectivity index (χ2n) is 5.19. The number of hydrogen-bond acceptors (Lipinski definition) is 3. The van der Waals surface area contributed by atoms with Gasteiger partial charge in [-0.1, -0.05) is 23.4 Å². The topological polar surface area (TPSA) is 59.8 Å². The van der Waals surface area contributed by atoms with Crippen LogP contribution in [-0.4, -0.2) is 20.9 Å². The van der Waals surface area contributed by atoms with Crippen molar-refractivity contribution in [3.8, 4) is 0 Å². The zero-order valence-electron chi connectivity index (χ0n) is 12.3. The van der Waals surface area contributed by atoms with Crippen LogP contribution in [0.1, 0.15) is 18.5 Å². The van der Waals surface area contributed by atoms with E-state index in [0.29, 0.717) is 5.52 Å². The second kappa shape index (κ2) is 6.12.